The Kier molecular flexibility index (Phi) is 6.22. The summed E-state index contributed by atoms with van der Waals surface area (Å²) in [5.41, 5.74) is 0. The van der Waals surface area contributed by atoms with Gasteiger partial charge in [-0.3, -0.25) is 0 Å². The van der Waals surface area contributed by atoms with Gasteiger partial charge in [-0.15, -0.1) is 0 Å². The largest absolute Gasteiger partial charge is 0.381 e. The first-order chi connectivity index (χ1) is 7.25. The van der Waals surface area contributed by atoms with Crippen molar-refractivity contribution in [3.8, 4) is 0 Å². The Labute approximate surface area is 94.2 Å². The summed E-state index contributed by atoms with van der Waals surface area (Å²) in [6.07, 6.45) is 4.96. The first-order valence-corrected chi connectivity index (χ1v) is 6.20. The van der Waals surface area contributed by atoms with Gasteiger partial charge in [0.05, 0.1) is 0 Å². The van der Waals surface area contributed by atoms with Crippen molar-refractivity contribution < 1.29 is 4.74 Å². The Bertz CT molecular complexity index is 158. The van der Waals surface area contributed by atoms with Crippen LogP contribution in [0.4, 0.5) is 0 Å². The van der Waals surface area contributed by atoms with Gasteiger partial charge in [0.2, 0.25) is 0 Å². The lowest BCUT2D eigenvalue weighted by atomic mass is 10.0. The van der Waals surface area contributed by atoms with Crippen molar-refractivity contribution in [2.24, 2.45) is 0 Å². The normalized spacial score (nSPS) is 20.8. The maximum absolute atomic E-state index is 5.39. The van der Waals surface area contributed by atoms with Crippen LogP contribution in [0, 0.1) is 0 Å². The van der Waals surface area contributed by atoms with E-state index in [1.165, 1.54) is 25.7 Å². The van der Waals surface area contributed by atoms with E-state index in [2.05, 4.69) is 24.2 Å². The number of nitrogens with zero attached hydrogens (tertiary/aromatic N) is 1. The second-order valence-electron chi connectivity index (χ2n) is 4.60. The van der Waals surface area contributed by atoms with E-state index < -0.39 is 0 Å². The molecular formula is C12H26N2O. The standard InChI is InChI=1S/C12H26N2O/c1-11(5-4-8-13-2)14(3)12-6-9-15-10-7-12/h11-13H,4-10H2,1-3H3. The Morgan fingerprint density at radius 3 is 2.67 bits per heavy atom. The molecule has 3 nitrogen and oxygen atoms in total. The van der Waals surface area contributed by atoms with Gasteiger partial charge in [-0.2, -0.15) is 0 Å². The predicted molar refractivity (Wildman–Crippen MR) is 64.2 cm³/mol. The van der Waals surface area contributed by atoms with E-state index in [9.17, 15) is 0 Å². The molecule has 1 N–H and O–H groups in total. The number of hydrogen-bond donors (Lipinski definition) is 1. The van der Waals surface area contributed by atoms with E-state index in [0.29, 0.717) is 6.04 Å². The van der Waals surface area contributed by atoms with Crippen molar-refractivity contribution >= 4 is 0 Å². The molecule has 0 aromatic rings. The molecule has 0 aromatic heterocycles. The Balaban J connectivity index is 2.21. The van der Waals surface area contributed by atoms with Crippen LogP contribution < -0.4 is 5.32 Å². The molecule has 1 unspecified atom stereocenters. The van der Waals surface area contributed by atoms with Gasteiger partial charge < -0.3 is 15.0 Å². The van der Waals surface area contributed by atoms with Crippen LogP contribution >= 0.6 is 0 Å². The van der Waals surface area contributed by atoms with Gasteiger partial charge in [-0.25, -0.2) is 0 Å². The van der Waals surface area contributed by atoms with Crippen LogP contribution in [0.5, 0.6) is 0 Å². The number of rotatable bonds is 6. The summed E-state index contributed by atoms with van der Waals surface area (Å²) in [5, 5.41) is 3.20. The third-order valence-electron chi connectivity index (χ3n) is 3.51. The van der Waals surface area contributed by atoms with E-state index >= 15 is 0 Å². The minimum atomic E-state index is 0.696. The number of ether oxygens (including phenoxy) is 1. The first-order valence-electron chi connectivity index (χ1n) is 6.20. The van der Waals surface area contributed by atoms with E-state index in [0.717, 1.165) is 25.8 Å². The highest BCUT2D eigenvalue weighted by Gasteiger charge is 2.21. The minimum absolute atomic E-state index is 0.696. The average molecular weight is 214 g/mol. The van der Waals surface area contributed by atoms with Crippen molar-refractivity contribution in [3.05, 3.63) is 0 Å². The van der Waals surface area contributed by atoms with Crippen molar-refractivity contribution in [1.82, 2.24) is 10.2 Å². The average Bonchev–Trinajstić information content (AvgIpc) is 2.29. The maximum atomic E-state index is 5.39. The summed E-state index contributed by atoms with van der Waals surface area (Å²) >= 11 is 0. The van der Waals surface area contributed by atoms with Crippen LogP contribution in [0.1, 0.15) is 32.6 Å². The monoisotopic (exact) mass is 214 g/mol. The maximum Gasteiger partial charge on any atom is 0.0480 e. The van der Waals surface area contributed by atoms with Crippen LogP contribution in [-0.4, -0.2) is 50.8 Å². The zero-order valence-electron chi connectivity index (χ0n) is 10.5. The molecule has 3 heteroatoms. The van der Waals surface area contributed by atoms with Gasteiger partial charge >= 0.3 is 0 Å². The summed E-state index contributed by atoms with van der Waals surface area (Å²) in [4.78, 5) is 2.54. The van der Waals surface area contributed by atoms with Crippen molar-refractivity contribution in [1.29, 1.82) is 0 Å². The molecule has 1 heterocycles. The second kappa shape index (κ2) is 7.20. The summed E-state index contributed by atoms with van der Waals surface area (Å²) in [5.74, 6) is 0. The molecule has 15 heavy (non-hydrogen) atoms. The van der Waals surface area contributed by atoms with E-state index in [1.807, 2.05) is 7.05 Å². The molecule has 0 bridgehead atoms. The molecule has 1 atom stereocenters. The summed E-state index contributed by atoms with van der Waals surface area (Å²) in [6.45, 7) is 5.35. The molecule has 1 aliphatic heterocycles. The SMILES string of the molecule is CNCCCC(C)N(C)C1CCOCC1. The van der Waals surface area contributed by atoms with Crippen molar-refractivity contribution in [2.75, 3.05) is 33.9 Å². The molecule has 90 valence electrons. The van der Waals surface area contributed by atoms with E-state index in [1.54, 1.807) is 0 Å². The smallest absolute Gasteiger partial charge is 0.0480 e. The minimum Gasteiger partial charge on any atom is -0.381 e. The Hall–Kier alpha value is -0.120. The third-order valence-corrected chi connectivity index (χ3v) is 3.51. The molecule has 0 spiro atoms. The predicted octanol–water partition coefficient (Wildman–Crippen LogP) is 1.49. The lowest BCUT2D eigenvalue weighted by Gasteiger charge is -2.35. The Morgan fingerprint density at radius 1 is 1.40 bits per heavy atom. The number of nitrogens with one attached hydrogen (secondary N) is 1. The second-order valence-corrected chi connectivity index (χ2v) is 4.60. The van der Waals surface area contributed by atoms with Gasteiger partial charge in [0, 0.05) is 25.3 Å². The molecular weight excluding hydrogens is 188 g/mol. The molecule has 0 aromatic carbocycles. The fourth-order valence-corrected chi connectivity index (χ4v) is 2.23. The van der Waals surface area contributed by atoms with Gasteiger partial charge in [0.25, 0.3) is 0 Å². The molecule has 0 saturated carbocycles. The van der Waals surface area contributed by atoms with Crippen LogP contribution in [0.3, 0.4) is 0 Å². The summed E-state index contributed by atoms with van der Waals surface area (Å²) in [7, 11) is 4.28. The molecule has 1 rings (SSSR count). The van der Waals surface area contributed by atoms with Gasteiger partial charge in [-0.05, 0) is 53.2 Å². The fourth-order valence-electron chi connectivity index (χ4n) is 2.23. The molecule has 1 saturated heterocycles. The van der Waals surface area contributed by atoms with Gasteiger partial charge in [-0.1, -0.05) is 0 Å². The highest BCUT2D eigenvalue weighted by atomic mass is 16.5. The molecule has 0 amide bonds. The summed E-state index contributed by atoms with van der Waals surface area (Å²) in [6, 6.07) is 1.43. The summed E-state index contributed by atoms with van der Waals surface area (Å²) < 4.78 is 5.39. The van der Waals surface area contributed by atoms with Crippen LogP contribution in [-0.2, 0) is 4.74 Å². The molecule has 1 aliphatic rings. The van der Waals surface area contributed by atoms with Crippen molar-refractivity contribution in [3.63, 3.8) is 0 Å². The quantitative estimate of drug-likeness (QED) is 0.678. The lowest BCUT2D eigenvalue weighted by molar-refractivity contribution is 0.0297. The van der Waals surface area contributed by atoms with Crippen LogP contribution in [0.15, 0.2) is 0 Å². The van der Waals surface area contributed by atoms with E-state index in [-0.39, 0.29) is 0 Å². The molecule has 0 aliphatic carbocycles. The lowest BCUT2D eigenvalue weighted by Crippen LogP contribution is -2.42. The van der Waals surface area contributed by atoms with Gasteiger partial charge in [0.1, 0.15) is 0 Å². The topological polar surface area (TPSA) is 24.5 Å². The van der Waals surface area contributed by atoms with Gasteiger partial charge in [0.15, 0.2) is 0 Å². The number of hydrogen-bond acceptors (Lipinski definition) is 3. The van der Waals surface area contributed by atoms with E-state index in [4.69, 9.17) is 4.74 Å². The van der Waals surface area contributed by atoms with Crippen LogP contribution in [0.2, 0.25) is 0 Å². The molecule has 1 fully saturated rings. The highest BCUT2D eigenvalue weighted by molar-refractivity contribution is 4.76. The van der Waals surface area contributed by atoms with Crippen molar-refractivity contribution in [2.45, 2.75) is 44.7 Å². The highest BCUT2D eigenvalue weighted by Crippen LogP contribution is 2.17. The third kappa shape index (κ3) is 4.49. The zero-order valence-corrected chi connectivity index (χ0v) is 10.5. The molecule has 0 radical (unpaired) electrons. The Morgan fingerprint density at radius 2 is 2.07 bits per heavy atom. The first kappa shape index (κ1) is 12.9. The van der Waals surface area contributed by atoms with Crippen LogP contribution in [0.25, 0.3) is 0 Å². The fraction of sp³-hybridized carbons (Fsp3) is 1.00. The zero-order chi connectivity index (χ0) is 11.1.